The van der Waals surface area contributed by atoms with Gasteiger partial charge in [0.1, 0.15) is 0 Å². The molecule has 0 aromatic carbocycles. The molecule has 0 N–H and O–H groups in total. The first-order chi connectivity index (χ1) is 11.5. The minimum absolute atomic E-state index is 0. The molecule has 0 aromatic heterocycles. The number of hydrogen-bond donors (Lipinski definition) is 0. The van der Waals surface area contributed by atoms with Crippen molar-refractivity contribution in [2.24, 2.45) is 0 Å². The number of rotatable bonds is 16. The maximum atomic E-state index is 11.2. The van der Waals surface area contributed by atoms with Gasteiger partial charge >= 0.3 is 45.6 Å². The van der Waals surface area contributed by atoms with Crippen LogP contribution in [0.4, 0.5) is 0 Å². The van der Waals surface area contributed by atoms with E-state index in [1.165, 1.54) is 51.4 Å². The molecule has 4 nitrogen and oxygen atoms in total. The first kappa shape index (κ1) is 27.4. The van der Waals surface area contributed by atoms with E-state index in [-0.39, 0.29) is 36.0 Å². The summed E-state index contributed by atoms with van der Waals surface area (Å²) in [5, 5.41) is 0. The van der Waals surface area contributed by atoms with Gasteiger partial charge in [0.25, 0.3) is 0 Å². The predicted molar refractivity (Wildman–Crippen MR) is 108 cm³/mol. The van der Waals surface area contributed by atoms with Crippen LogP contribution in [-0.2, 0) is 19.1 Å². The number of allylic oxidation sites excluding steroid dienone is 2. The molecule has 6 heteroatoms. The summed E-state index contributed by atoms with van der Waals surface area (Å²) in [5.41, 5.74) is 0. The molecule has 0 spiro atoms. The summed E-state index contributed by atoms with van der Waals surface area (Å²) in [4.78, 5) is 11.2. The Morgan fingerprint density at radius 3 is 1.72 bits per heavy atom. The van der Waals surface area contributed by atoms with Gasteiger partial charge in [-0.2, -0.15) is 8.42 Å². The molecular formula is C19H37NaO4S. The molecule has 0 bridgehead atoms. The van der Waals surface area contributed by atoms with Gasteiger partial charge in [0.05, 0.1) is 6.26 Å². The van der Waals surface area contributed by atoms with Crippen LogP contribution in [0.25, 0.3) is 0 Å². The topological polar surface area (TPSA) is 60.4 Å². The Bertz CT molecular complexity index is 433. The van der Waals surface area contributed by atoms with Crippen molar-refractivity contribution in [3.63, 3.8) is 0 Å². The maximum absolute atomic E-state index is 11.2. The van der Waals surface area contributed by atoms with Gasteiger partial charge in [-0.15, -0.1) is 0 Å². The van der Waals surface area contributed by atoms with Gasteiger partial charge in [0.15, 0.2) is 0 Å². The average molecular weight is 385 g/mol. The predicted octanol–water partition coefficient (Wildman–Crippen LogP) is 4.88. The summed E-state index contributed by atoms with van der Waals surface area (Å²) in [6, 6.07) is 0. The Labute approximate surface area is 177 Å². The van der Waals surface area contributed by atoms with Crippen LogP contribution in [-0.4, -0.2) is 50.2 Å². The molecule has 0 amide bonds. The number of carbonyl (C=O) groups excluding carboxylic acids is 1. The molecule has 0 saturated heterocycles. The number of unbranched alkanes of at least 4 members (excludes halogenated alkanes) is 11. The van der Waals surface area contributed by atoms with Crippen LogP contribution in [0.3, 0.4) is 0 Å². The van der Waals surface area contributed by atoms with E-state index in [2.05, 4.69) is 23.3 Å². The van der Waals surface area contributed by atoms with Gasteiger partial charge in [0.2, 0.25) is 0 Å². The standard InChI is InChI=1S/C19H36O4S.Na.H/c1-3-4-5-6-7-8-9-10-11-12-13-14-15-16-17-18-19(20)23-24(2,21)22;;/h10-11H,3-9,12-18H2,1-2H3;;/b11-10-;;. The Morgan fingerprint density at radius 2 is 1.24 bits per heavy atom. The van der Waals surface area contributed by atoms with Crippen LogP contribution in [0, 0.1) is 0 Å². The Hall–Kier alpha value is 0.160. The summed E-state index contributed by atoms with van der Waals surface area (Å²) < 4.78 is 25.8. The summed E-state index contributed by atoms with van der Waals surface area (Å²) >= 11 is 0. The normalized spacial score (nSPS) is 11.4. The molecule has 0 aromatic rings. The third kappa shape index (κ3) is 24.2. The van der Waals surface area contributed by atoms with E-state index in [9.17, 15) is 13.2 Å². The Balaban J connectivity index is 0. The van der Waals surface area contributed by atoms with Crippen molar-refractivity contribution in [1.29, 1.82) is 0 Å². The SMILES string of the molecule is CCCCCCCC/C=C\CCCCCCCC(=O)OS(C)(=O)=O.[NaH]. The van der Waals surface area contributed by atoms with Crippen molar-refractivity contribution in [2.45, 2.75) is 96.8 Å². The molecular weight excluding hydrogens is 347 g/mol. The zero-order chi connectivity index (χ0) is 18.1. The van der Waals surface area contributed by atoms with Crippen LogP contribution < -0.4 is 0 Å². The Kier molecular flexibility index (Phi) is 20.7. The van der Waals surface area contributed by atoms with E-state index in [1.54, 1.807) is 0 Å². The van der Waals surface area contributed by atoms with Gasteiger partial charge in [-0.3, -0.25) is 4.79 Å². The van der Waals surface area contributed by atoms with Crippen molar-refractivity contribution < 1.29 is 17.4 Å². The molecule has 0 fully saturated rings. The minimum atomic E-state index is -3.65. The number of hydrogen-bond acceptors (Lipinski definition) is 4. The van der Waals surface area contributed by atoms with Gasteiger partial charge in [0, 0.05) is 6.42 Å². The second-order valence-corrected chi connectivity index (χ2v) is 8.07. The quantitative estimate of drug-likeness (QED) is 0.165. The summed E-state index contributed by atoms with van der Waals surface area (Å²) in [6.07, 6.45) is 21.2. The van der Waals surface area contributed by atoms with Crippen LogP contribution in [0.15, 0.2) is 12.2 Å². The van der Waals surface area contributed by atoms with E-state index >= 15 is 0 Å². The molecule has 0 aliphatic rings. The van der Waals surface area contributed by atoms with E-state index in [1.807, 2.05) is 0 Å². The zero-order valence-electron chi connectivity index (χ0n) is 15.6. The van der Waals surface area contributed by atoms with Crippen molar-refractivity contribution in [1.82, 2.24) is 0 Å². The van der Waals surface area contributed by atoms with Crippen LogP contribution in [0.2, 0.25) is 0 Å². The van der Waals surface area contributed by atoms with Crippen LogP contribution >= 0.6 is 0 Å². The second kappa shape index (κ2) is 18.9. The summed E-state index contributed by atoms with van der Waals surface area (Å²) in [5.74, 6) is -0.643. The van der Waals surface area contributed by atoms with Crippen LogP contribution in [0.5, 0.6) is 0 Å². The van der Waals surface area contributed by atoms with Crippen molar-refractivity contribution in [3.05, 3.63) is 12.2 Å². The third-order valence-corrected chi connectivity index (χ3v) is 4.38. The molecule has 0 aliphatic carbocycles. The monoisotopic (exact) mass is 384 g/mol. The van der Waals surface area contributed by atoms with E-state index < -0.39 is 16.1 Å². The molecule has 25 heavy (non-hydrogen) atoms. The molecule has 0 radical (unpaired) electrons. The zero-order valence-corrected chi connectivity index (χ0v) is 16.4. The fourth-order valence-electron chi connectivity index (χ4n) is 2.55. The molecule has 144 valence electrons. The van der Waals surface area contributed by atoms with Crippen molar-refractivity contribution >= 4 is 45.6 Å². The van der Waals surface area contributed by atoms with Gasteiger partial charge in [-0.1, -0.05) is 70.4 Å². The average Bonchev–Trinajstić information content (AvgIpc) is 2.49. The third-order valence-electron chi connectivity index (χ3n) is 3.89. The van der Waals surface area contributed by atoms with Gasteiger partial charge < -0.3 is 4.18 Å². The molecule has 0 atom stereocenters. The molecule has 0 rings (SSSR count). The first-order valence-electron chi connectivity index (χ1n) is 9.53. The van der Waals surface area contributed by atoms with Gasteiger partial charge in [-0.05, 0) is 32.1 Å². The number of carbonyl (C=O) groups is 1. The second-order valence-electron chi connectivity index (χ2n) is 6.49. The summed E-state index contributed by atoms with van der Waals surface area (Å²) in [7, 11) is -3.65. The Morgan fingerprint density at radius 1 is 0.800 bits per heavy atom. The molecule has 0 unspecified atom stereocenters. The first-order valence-corrected chi connectivity index (χ1v) is 11.3. The van der Waals surface area contributed by atoms with E-state index in [4.69, 9.17) is 0 Å². The molecule has 0 saturated carbocycles. The van der Waals surface area contributed by atoms with Gasteiger partial charge in [-0.25, -0.2) is 0 Å². The summed E-state index contributed by atoms with van der Waals surface area (Å²) in [6.45, 7) is 2.25. The molecule has 0 aliphatic heterocycles. The fourth-order valence-corrected chi connectivity index (χ4v) is 2.97. The van der Waals surface area contributed by atoms with Crippen LogP contribution in [0.1, 0.15) is 96.8 Å². The van der Waals surface area contributed by atoms with Crippen molar-refractivity contribution in [2.75, 3.05) is 6.26 Å². The van der Waals surface area contributed by atoms with Crippen molar-refractivity contribution in [3.8, 4) is 0 Å². The van der Waals surface area contributed by atoms with E-state index in [0.29, 0.717) is 6.42 Å². The van der Waals surface area contributed by atoms with E-state index in [0.717, 1.165) is 31.9 Å². The molecule has 0 heterocycles. The fraction of sp³-hybridized carbons (Fsp3) is 0.842.